The summed E-state index contributed by atoms with van der Waals surface area (Å²) in [6, 6.07) is 13.8. The first-order valence-corrected chi connectivity index (χ1v) is 10.2. The van der Waals surface area contributed by atoms with Gasteiger partial charge in [0.05, 0.1) is 25.6 Å². The van der Waals surface area contributed by atoms with Crippen LogP contribution < -0.4 is 15.2 Å². The number of hydrogen-bond donors (Lipinski definition) is 1. The van der Waals surface area contributed by atoms with Gasteiger partial charge in [-0.2, -0.15) is 0 Å². The SMILES string of the molecule is C=C(N)c1cccc(-c2cn3ccnc3c(Cc3ccc(OC)c(OC)c3)n2)c1.CC. The predicted octanol–water partition coefficient (Wildman–Crippen LogP) is 4.96. The van der Waals surface area contributed by atoms with E-state index in [-0.39, 0.29) is 0 Å². The van der Waals surface area contributed by atoms with Gasteiger partial charge in [-0.1, -0.05) is 44.7 Å². The van der Waals surface area contributed by atoms with Gasteiger partial charge in [0, 0.05) is 36.3 Å². The number of hydrogen-bond acceptors (Lipinski definition) is 5. The lowest BCUT2D eigenvalue weighted by Crippen LogP contribution is -2.02. The lowest BCUT2D eigenvalue weighted by molar-refractivity contribution is 0.354. The van der Waals surface area contributed by atoms with E-state index in [1.54, 1.807) is 20.4 Å². The molecule has 2 aromatic carbocycles. The fourth-order valence-corrected chi connectivity index (χ4v) is 3.32. The van der Waals surface area contributed by atoms with Crippen molar-refractivity contribution in [3.63, 3.8) is 0 Å². The van der Waals surface area contributed by atoms with E-state index in [0.717, 1.165) is 33.7 Å². The Kier molecular flexibility index (Phi) is 6.92. The molecule has 4 aromatic rings. The molecule has 2 aromatic heterocycles. The first kappa shape index (κ1) is 21.9. The molecular weight excluding hydrogens is 388 g/mol. The second kappa shape index (κ2) is 9.80. The van der Waals surface area contributed by atoms with Crippen LogP contribution in [0.2, 0.25) is 0 Å². The molecule has 0 fully saturated rings. The molecule has 0 bridgehead atoms. The Balaban J connectivity index is 0.00000132. The normalized spacial score (nSPS) is 10.3. The minimum absolute atomic E-state index is 0.529. The Morgan fingerprint density at radius 1 is 1.06 bits per heavy atom. The zero-order valence-corrected chi connectivity index (χ0v) is 18.4. The largest absolute Gasteiger partial charge is 0.493 e. The number of imidazole rings is 1. The van der Waals surface area contributed by atoms with Gasteiger partial charge in [-0.3, -0.25) is 0 Å². The third-order valence-corrected chi connectivity index (χ3v) is 4.79. The van der Waals surface area contributed by atoms with E-state index in [9.17, 15) is 0 Å². The van der Waals surface area contributed by atoms with Gasteiger partial charge in [-0.25, -0.2) is 9.97 Å². The molecule has 0 aliphatic carbocycles. The second-order valence-corrected chi connectivity index (χ2v) is 6.70. The molecule has 6 heteroatoms. The molecule has 0 spiro atoms. The number of benzene rings is 2. The topological polar surface area (TPSA) is 74.7 Å². The summed E-state index contributed by atoms with van der Waals surface area (Å²) in [4.78, 5) is 9.39. The summed E-state index contributed by atoms with van der Waals surface area (Å²) in [6.45, 7) is 7.83. The van der Waals surface area contributed by atoms with Gasteiger partial charge in [-0.05, 0) is 29.3 Å². The highest BCUT2D eigenvalue weighted by atomic mass is 16.5. The first-order valence-electron chi connectivity index (χ1n) is 10.2. The molecule has 0 saturated heterocycles. The maximum atomic E-state index is 5.87. The quantitative estimate of drug-likeness (QED) is 0.481. The lowest BCUT2D eigenvalue weighted by atomic mass is 10.1. The minimum atomic E-state index is 0.529. The molecule has 0 aliphatic rings. The highest BCUT2D eigenvalue weighted by Gasteiger charge is 2.12. The minimum Gasteiger partial charge on any atom is -0.493 e. The average Bonchev–Trinajstić information content (AvgIpc) is 3.29. The standard InChI is InChI=1S/C23H22N4O2.C2H6/c1-15(24)17-5-4-6-18(13-17)20-14-27-10-9-25-23(27)19(26-20)11-16-7-8-21(28-2)22(12-16)29-3;1-2/h4-10,12-14H,1,11,24H2,2-3H3;1-2H3. The number of nitrogens with two attached hydrogens (primary N) is 1. The van der Waals surface area contributed by atoms with E-state index in [1.165, 1.54) is 0 Å². The Bertz CT molecular complexity index is 1200. The molecule has 0 unspecified atom stereocenters. The predicted molar refractivity (Wildman–Crippen MR) is 125 cm³/mol. The molecule has 0 saturated carbocycles. The summed E-state index contributed by atoms with van der Waals surface area (Å²) in [5.41, 5.74) is 11.8. The Morgan fingerprint density at radius 3 is 2.55 bits per heavy atom. The smallest absolute Gasteiger partial charge is 0.160 e. The van der Waals surface area contributed by atoms with E-state index in [4.69, 9.17) is 20.2 Å². The lowest BCUT2D eigenvalue weighted by Gasteiger charge is -2.11. The number of methoxy groups -OCH3 is 2. The molecule has 0 radical (unpaired) electrons. The van der Waals surface area contributed by atoms with Crippen molar-refractivity contribution in [2.24, 2.45) is 5.73 Å². The number of aromatic nitrogens is 3. The Morgan fingerprint density at radius 2 is 1.84 bits per heavy atom. The summed E-state index contributed by atoms with van der Waals surface area (Å²) in [6.07, 6.45) is 6.28. The van der Waals surface area contributed by atoms with Gasteiger partial charge >= 0.3 is 0 Å². The second-order valence-electron chi connectivity index (χ2n) is 6.70. The number of rotatable bonds is 6. The van der Waals surface area contributed by atoms with Crippen LogP contribution in [0, 0.1) is 0 Å². The van der Waals surface area contributed by atoms with Crippen molar-refractivity contribution >= 4 is 11.3 Å². The highest BCUT2D eigenvalue weighted by Crippen LogP contribution is 2.29. The van der Waals surface area contributed by atoms with Crippen LogP contribution in [0.4, 0.5) is 0 Å². The van der Waals surface area contributed by atoms with Crippen LogP contribution in [-0.4, -0.2) is 28.6 Å². The summed E-state index contributed by atoms with van der Waals surface area (Å²) < 4.78 is 12.8. The van der Waals surface area contributed by atoms with Crippen LogP contribution in [0.15, 0.2) is 67.6 Å². The number of fused-ring (bicyclic) bond motifs is 1. The van der Waals surface area contributed by atoms with Crippen LogP contribution in [0.3, 0.4) is 0 Å². The first-order chi connectivity index (χ1) is 15.1. The molecule has 0 atom stereocenters. The van der Waals surface area contributed by atoms with Gasteiger partial charge in [0.25, 0.3) is 0 Å². The van der Waals surface area contributed by atoms with Crippen molar-refractivity contribution in [1.29, 1.82) is 0 Å². The fraction of sp³-hybridized carbons (Fsp3) is 0.200. The molecule has 31 heavy (non-hydrogen) atoms. The van der Waals surface area contributed by atoms with Crippen LogP contribution in [0.25, 0.3) is 22.6 Å². The van der Waals surface area contributed by atoms with Crippen LogP contribution in [-0.2, 0) is 6.42 Å². The van der Waals surface area contributed by atoms with Crippen molar-refractivity contribution in [1.82, 2.24) is 14.4 Å². The number of nitrogens with zero attached hydrogens (tertiary/aromatic N) is 3. The summed E-state index contributed by atoms with van der Waals surface area (Å²) >= 11 is 0. The molecule has 0 amide bonds. The van der Waals surface area contributed by atoms with Crippen LogP contribution in [0.1, 0.15) is 30.7 Å². The van der Waals surface area contributed by atoms with Crippen LogP contribution in [0.5, 0.6) is 11.5 Å². The molecular formula is C25H28N4O2. The van der Waals surface area contributed by atoms with E-state index >= 15 is 0 Å². The molecule has 2 heterocycles. The average molecular weight is 417 g/mol. The fourth-order valence-electron chi connectivity index (χ4n) is 3.32. The Labute approximate surface area is 183 Å². The van der Waals surface area contributed by atoms with E-state index in [1.807, 2.05) is 73.1 Å². The van der Waals surface area contributed by atoms with Crippen LogP contribution >= 0.6 is 0 Å². The molecule has 2 N–H and O–H groups in total. The van der Waals surface area contributed by atoms with E-state index in [0.29, 0.717) is 23.6 Å². The van der Waals surface area contributed by atoms with E-state index < -0.39 is 0 Å². The maximum absolute atomic E-state index is 5.87. The maximum Gasteiger partial charge on any atom is 0.160 e. The third kappa shape index (κ3) is 4.69. The zero-order valence-electron chi connectivity index (χ0n) is 18.4. The summed E-state index contributed by atoms with van der Waals surface area (Å²) in [7, 11) is 3.26. The van der Waals surface area contributed by atoms with Crippen molar-refractivity contribution < 1.29 is 9.47 Å². The highest BCUT2D eigenvalue weighted by molar-refractivity contribution is 5.69. The zero-order chi connectivity index (χ0) is 22.4. The van der Waals surface area contributed by atoms with Gasteiger partial charge < -0.3 is 19.6 Å². The number of ether oxygens (including phenoxy) is 2. The van der Waals surface area contributed by atoms with E-state index in [2.05, 4.69) is 11.6 Å². The molecule has 0 aliphatic heterocycles. The van der Waals surface area contributed by atoms with Crippen molar-refractivity contribution in [3.05, 3.63) is 84.5 Å². The monoisotopic (exact) mass is 416 g/mol. The molecule has 160 valence electrons. The summed E-state index contributed by atoms with van der Waals surface area (Å²) in [5, 5.41) is 0. The molecule has 4 rings (SSSR count). The van der Waals surface area contributed by atoms with Gasteiger partial charge in [-0.15, -0.1) is 0 Å². The third-order valence-electron chi connectivity index (χ3n) is 4.79. The van der Waals surface area contributed by atoms with Crippen molar-refractivity contribution in [2.45, 2.75) is 20.3 Å². The van der Waals surface area contributed by atoms with Gasteiger partial charge in [0.2, 0.25) is 0 Å². The van der Waals surface area contributed by atoms with Gasteiger partial charge in [0.15, 0.2) is 17.1 Å². The van der Waals surface area contributed by atoms with Crippen molar-refractivity contribution in [2.75, 3.05) is 14.2 Å². The van der Waals surface area contributed by atoms with Crippen molar-refractivity contribution in [3.8, 4) is 22.8 Å². The summed E-state index contributed by atoms with van der Waals surface area (Å²) in [5.74, 6) is 1.39. The van der Waals surface area contributed by atoms with Gasteiger partial charge in [0.1, 0.15) is 0 Å². The Hall–Kier alpha value is -3.80. The molecule has 6 nitrogen and oxygen atoms in total.